The van der Waals surface area contributed by atoms with Crippen LogP contribution in [-0.2, 0) is 9.59 Å². The summed E-state index contributed by atoms with van der Waals surface area (Å²) in [4.78, 5) is 21.5. The van der Waals surface area contributed by atoms with Crippen LogP contribution in [0.25, 0.3) is 0 Å². The monoisotopic (exact) mass is 200 g/mol. The molecule has 0 aromatic heterocycles. The van der Waals surface area contributed by atoms with Gasteiger partial charge in [-0.15, -0.1) is 0 Å². The quantitative estimate of drug-likeness (QED) is 0.496. The highest BCUT2D eigenvalue weighted by atomic mass is 24.3. The average Bonchev–Trinajstić information content (AvgIpc) is 1.82. The first-order chi connectivity index (χ1) is 5.14. The minimum atomic E-state index is -1.73. The molecule has 13 heavy (non-hydrogen) atoms. The Labute approximate surface area is 93.5 Å². The van der Waals surface area contributed by atoms with Gasteiger partial charge in [0.05, 0.1) is 0 Å². The van der Waals surface area contributed by atoms with Gasteiger partial charge in [0.2, 0.25) is 0 Å². The van der Waals surface area contributed by atoms with Gasteiger partial charge in [0, 0.05) is 0 Å². The Morgan fingerprint density at radius 1 is 0.923 bits per heavy atom. The topological polar surface area (TPSA) is 74.6 Å². The molecule has 0 unspecified atom stereocenters. The first kappa shape index (κ1) is 15.2. The van der Waals surface area contributed by atoms with Crippen molar-refractivity contribution in [3.8, 4) is 0 Å². The number of aliphatic carboxylic acids is 2. The molecule has 0 heterocycles. The van der Waals surface area contributed by atoms with Crippen LogP contribution in [0, 0.1) is 10.8 Å². The zero-order chi connectivity index (χ0) is 10.2. The predicted molar refractivity (Wildman–Crippen MR) is 51.4 cm³/mol. The SMILES string of the molecule is CC(C)(C)C(C)(C(=O)O)C(=O)O.[MgH2]. The zero-order valence-electron chi connectivity index (χ0n) is 7.71. The second-order valence-electron chi connectivity index (χ2n) is 3.99. The normalized spacial score (nSPS) is 11.7. The van der Waals surface area contributed by atoms with Crippen LogP contribution in [0.3, 0.4) is 0 Å². The standard InChI is InChI=1S/C8H14O4.Mg.2H/c1-7(2,3)8(4,5(9)10)6(11)12;;;/h1-4H3,(H,9,10)(H,11,12);;;. The summed E-state index contributed by atoms with van der Waals surface area (Å²) in [6.45, 7) is 6.00. The molecule has 5 heteroatoms. The highest BCUT2D eigenvalue weighted by Gasteiger charge is 2.51. The maximum atomic E-state index is 10.7. The van der Waals surface area contributed by atoms with Gasteiger partial charge in [0.25, 0.3) is 0 Å². The number of hydrogen-bond acceptors (Lipinski definition) is 2. The second-order valence-corrected chi connectivity index (χ2v) is 3.99. The van der Waals surface area contributed by atoms with Gasteiger partial charge in [0.1, 0.15) is 0 Å². The summed E-state index contributed by atoms with van der Waals surface area (Å²) in [5.74, 6) is -2.61. The van der Waals surface area contributed by atoms with E-state index in [1.54, 1.807) is 20.8 Å². The van der Waals surface area contributed by atoms with Gasteiger partial charge >= 0.3 is 35.0 Å². The fraction of sp³-hybridized carbons (Fsp3) is 0.750. The highest BCUT2D eigenvalue weighted by Crippen LogP contribution is 2.38. The number of carboxylic acids is 2. The molecule has 0 saturated carbocycles. The van der Waals surface area contributed by atoms with Crippen molar-refractivity contribution in [2.75, 3.05) is 0 Å². The summed E-state index contributed by atoms with van der Waals surface area (Å²) < 4.78 is 0. The molecule has 74 valence electrons. The molecule has 2 N–H and O–H groups in total. The van der Waals surface area contributed by atoms with Crippen molar-refractivity contribution in [3.63, 3.8) is 0 Å². The van der Waals surface area contributed by atoms with Crippen molar-refractivity contribution in [2.45, 2.75) is 27.7 Å². The van der Waals surface area contributed by atoms with E-state index in [1.165, 1.54) is 6.92 Å². The number of carboxylic acid groups (broad SMARTS) is 2. The number of carbonyl (C=O) groups is 2. The maximum Gasteiger partial charge on any atom is 0.321 e. The van der Waals surface area contributed by atoms with E-state index in [1.807, 2.05) is 0 Å². The van der Waals surface area contributed by atoms with E-state index in [0.29, 0.717) is 0 Å². The average molecular weight is 201 g/mol. The molecule has 0 aliphatic rings. The first-order valence-corrected chi connectivity index (χ1v) is 3.61. The van der Waals surface area contributed by atoms with Crippen molar-refractivity contribution in [3.05, 3.63) is 0 Å². The lowest BCUT2D eigenvalue weighted by molar-refractivity contribution is -0.171. The molecule has 0 bridgehead atoms. The van der Waals surface area contributed by atoms with Crippen LogP contribution in [0.5, 0.6) is 0 Å². The fourth-order valence-electron chi connectivity index (χ4n) is 0.733. The summed E-state index contributed by atoms with van der Waals surface area (Å²) in [5, 5.41) is 17.5. The van der Waals surface area contributed by atoms with Crippen LogP contribution >= 0.6 is 0 Å². The van der Waals surface area contributed by atoms with Crippen molar-refractivity contribution in [1.29, 1.82) is 0 Å². The number of hydrogen-bond donors (Lipinski definition) is 2. The van der Waals surface area contributed by atoms with E-state index >= 15 is 0 Å². The molecule has 0 aliphatic carbocycles. The minimum absolute atomic E-state index is 0. The Hall–Kier alpha value is -0.294. The fourth-order valence-corrected chi connectivity index (χ4v) is 0.733. The van der Waals surface area contributed by atoms with Gasteiger partial charge in [-0.05, 0) is 12.3 Å². The van der Waals surface area contributed by atoms with Crippen LogP contribution in [0.4, 0.5) is 0 Å². The van der Waals surface area contributed by atoms with Gasteiger partial charge in [-0.3, -0.25) is 9.59 Å². The molecule has 0 atom stereocenters. The Kier molecular flexibility index (Phi) is 5.00. The molecular formula is C8H16MgO4. The van der Waals surface area contributed by atoms with E-state index in [-0.39, 0.29) is 23.1 Å². The van der Waals surface area contributed by atoms with Crippen molar-refractivity contribution in [1.82, 2.24) is 0 Å². The van der Waals surface area contributed by atoms with Crippen LogP contribution in [0.2, 0.25) is 0 Å². The lowest BCUT2D eigenvalue weighted by atomic mass is 9.68. The van der Waals surface area contributed by atoms with Gasteiger partial charge in [-0.25, -0.2) is 0 Å². The lowest BCUT2D eigenvalue weighted by Gasteiger charge is -2.33. The Balaban J connectivity index is 0. The van der Waals surface area contributed by atoms with Crippen LogP contribution < -0.4 is 0 Å². The largest absolute Gasteiger partial charge is 0.480 e. The molecule has 0 saturated heterocycles. The summed E-state index contributed by atoms with van der Waals surface area (Å²) in [5.41, 5.74) is -2.53. The van der Waals surface area contributed by atoms with Crippen molar-refractivity contribution < 1.29 is 19.8 Å². The summed E-state index contributed by atoms with van der Waals surface area (Å²) >= 11 is 0. The lowest BCUT2D eigenvalue weighted by Crippen LogP contribution is -2.46. The third-order valence-electron chi connectivity index (χ3n) is 2.36. The predicted octanol–water partition coefficient (Wildman–Crippen LogP) is 0.292. The van der Waals surface area contributed by atoms with E-state index in [9.17, 15) is 9.59 Å². The number of rotatable bonds is 2. The zero-order valence-corrected chi connectivity index (χ0v) is 7.71. The highest BCUT2D eigenvalue weighted by molar-refractivity contribution is 5.98. The Morgan fingerprint density at radius 2 is 1.15 bits per heavy atom. The van der Waals surface area contributed by atoms with Gasteiger partial charge in [-0.1, -0.05) is 20.8 Å². The van der Waals surface area contributed by atoms with Crippen molar-refractivity contribution in [2.24, 2.45) is 10.8 Å². The Morgan fingerprint density at radius 3 is 1.15 bits per heavy atom. The van der Waals surface area contributed by atoms with Gasteiger partial charge in [0.15, 0.2) is 5.41 Å². The molecule has 0 fully saturated rings. The minimum Gasteiger partial charge on any atom is -0.480 e. The smallest absolute Gasteiger partial charge is 0.321 e. The molecule has 0 amide bonds. The van der Waals surface area contributed by atoms with Gasteiger partial charge in [-0.2, -0.15) is 0 Å². The van der Waals surface area contributed by atoms with Crippen LogP contribution in [0.15, 0.2) is 0 Å². The van der Waals surface area contributed by atoms with E-state index < -0.39 is 22.8 Å². The molecule has 4 nitrogen and oxygen atoms in total. The summed E-state index contributed by atoms with van der Waals surface area (Å²) in [6.07, 6.45) is 0. The molecular weight excluding hydrogens is 184 g/mol. The third-order valence-corrected chi connectivity index (χ3v) is 2.36. The Bertz CT molecular complexity index is 203. The van der Waals surface area contributed by atoms with E-state index in [0.717, 1.165) is 0 Å². The van der Waals surface area contributed by atoms with E-state index in [4.69, 9.17) is 10.2 Å². The molecule has 0 aromatic rings. The van der Waals surface area contributed by atoms with Crippen LogP contribution in [0.1, 0.15) is 27.7 Å². The molecule has 0 radical (unpaired) electrons. The summed E-state index contributed by atoms with van der Waals surface area (Å²) in [6, 6.07) is 0. The maximum absolute atomic E-state index is 10.7. The molecule has 0 aliphatic heterocycles. The third kappa shape index (κ3) is 2.57. The van der Waals surface area contributed by atoms with Crippen molar-refractivity contribution >= 4 is 35.0 Å². The van der Waals surface area contributed by atoms with Gasteiger partial charge < -0.3 is 10.2 Å². The molecule has 0 aromatic carbocycles. The molecule has 0 spiro atoms. The molecule has 0 rings (SSSR count). The van der Waals surface area contributed by atoms with Crippen LogP contribution in [-0.4, -0.2) is 45.2 Å². The second kappa shape index (κ2) is 4.28. The van der Waals surface area contributed by atoms with E-state index in [2.05, 4.69) is 0 Å². The first-order valence-electron chi connectivity index (χ1n) is 3.61. The summed E-state index contributed by atoms with van der Waals surface area (Å²) in [7, 11) is 0.